The molecule has 0 aliphatic heterocycles. The number of methoxy groups -OCH3 is 1. The second-order valence-electron chi connectivity index (χ2n) is 6.23. The lowest BCUT2D eigenvalue weighted by atomic mass is 10.0. The molecule has 2 aromatic carbocycles. The highest BCUT2D eigenvalue weighted by atomic mass is 127. The van der Waals surface area contributed by atoms with Gasteiger partial charge in [0, 0.05) is 25.8 Å². The van der Waals surface area contributed by atoms with E-state index in [0.717, 1.165) is 5.56 Å². The molecule has 1 unspecified atom stereocenters. The lowest BCUT2D eigenvalue weighted by Gasteiger charge is -2.20. The van der Waals surface area contributed by atoms with Crippen LogP contribution in [0.1, 0.15) is 29.7 Å². The van der Waals surface area contributed by atoms with Crippen LogP contribution in [0.5, 0.6) is 0 Å². The molecular weight excluding hydrogens is 471 g/mol. The average Bonchev–Trinajstić information content (AvgIpc) is 2.66. The molecule has 2 N–H and O–H groups in total. The Kier molecular flexibility index (Phi) is 10.5. The first-order valence-electron chi connectivity index (χ1n) is 8.84. The Bertz CT molecular complexity index is 781. The third-order valence-electron chi connectivity index (χ3n) is 4.17. The summed E-state index contributed by atoms with van der Waals surface area (Å²) in [5, 5.41) is 17.4. The number of aliphatic imine (C=N–C) groups is 1. The number of rotatable bonds is 8. The molecule has 0 heterocycles. The van der Waals surface area contributed by atoms with Gasteiger partial charge in [-0.3, -0.25) is 10.1 Å². The van der Waals surface area contributed by atoms with E-state index in [4.69, 9.17) is 4.74 Å². The van der Waals surface area contributed by atoms with Gasteiger partial charge in [0.2, 0.25) is 0 Å². The molecule has 0 radical (unpaired) electrons. The smallest absolute Gasteiger partial charge is 0.269 e. The Balaban J connectivity index is 0.00000392. The average molecular weight is 498 g/mol. The first kappa shape index (κ1) is 23.8. The van der Waals surface area contributed by atoms with Gasteiger partial charge in [0.25, 0.3) is 5.69 Å². The monoisotopic (exact) mass is 498 g/mol. The third kappa shape index (κ3) is 7.43. The quantitative estimate of drug-likeness (QED) is 0.144. The van der Waals surface area contributed by atoms with Crippen LogP contribution in [0.4, 0.5) is 5.69 Å². The molecule has 0 aliphatic rings. The number of nitro groups is 1. The molecule has 0 bridgehead atoms. The predicted octanol–water partition coefficient (Wildman–Crippen LogP) is 3.96. The number of benzene rings is 2. The van der Waals surface area contributed by atoms with Crippen molar-refractivity contribution in [1.29, 1.82) is 0 Å². The van der Waals surface area contributed by atoms with Gasteiger partial charge in [0.15, 0.2) is 5.96 Å². The number of aryl methyl sites for hydroxylation is 1. The fourth-order valence-corrected chi connectivity index (χ4v) is 2.67. The summed E-state index contributed by atoms with van der Waals surface area (Å²) < 4.78 is 5.09. The Morgan fingerprint density at radius 3 is 2.50 bits per heavy atom. The number of nitrogens with one attached hydrogen (secondary N) is 2. The van der Waals surface area contributed by atoms with E-state index < -0.39 is 4.92 Å². The summed E-state index contributed by atoms with van der Waals surface area (Å²) in [5.74, 6) is 0.668. The maximum absolute atomic E-state index is 10.8. The number of hydrogen-bond donors (Lipinski definition) is 2. The standard InChI is InChI=1S/C20H26N4O3.HI/c1-15-6-4-5-7-19(15)16(2)23-20(21-12-13-27-3)22-14-17-8-10-18(11-9-17)24(25)26;/h4-11,16H,12-14H2,1-3H3,(H2,21,22,23);1H. The molecule has 0 saturated heterocycles. The summed E-state index contributed by atoms with van der Waals surface area (Å²) in [4.78, 5) is 15.0. The SMILES string of the molecule is COCCNC(=NCc1ccc([N+](=O)[O-])cc1)NC(C)c1ccccc1C.I. The van der Waals surface area contributed by atoms with Gasteiger partial charge >= 0.3 is 0 Å². The van der Waals surface area contributed by atoms with E-state index in [1.165, 1.54) is 23.3 Å². The van der Waals surface area contributed by atoms with Gasteiger partial charge in [-0.1, -0.05) is 36.4 Å². The molecule has 152 valence electrons. The summed E-state index contributed by atoms with van der Waals surface area (Å²) in [6.45, 7) is 5.78. The van der Waals surface area contributed by atoms with Gasteiger partial charge in [0.05, 0.1) is 24.1 Å². The van der Waals surface area contributed by atoms with E-state index in [-0.39, 0.29) is 35.7 Å². The summed E-state index contributed by atoms with van der Waals surface area (Å²) in [7, 11) is 1.65. The van der Waals surface area contributed by atoms with Crippen LogP contribution in [0, 0.1) is 17.0 Å². The van der Waals surface area contributed by atoms with Gasteiger partial charge in [-0.15, -0.1) is 24.0 Å². The van der Waals surface area contributed by atoms with Gasteiger partial charge in [-0.05, 0) is 30.5 Å². The minimum atomic E-state index is -0.407. The minimum Gasteiger partial charge on any atom is -0.383 e. The first-order valence-corrected chi connectivity index (χ1v) is 8.84. The highest BCUT2D eigenvalue weighted by Crippen LogP contribution is 2.17. The van der Waals surface area contributed by atoms with E-state index in [2.05, 4.69) is 41.6 Å². The molecule has 0 fully saturated rings. The minimum absolute atomic E-state index is 0. The summed E-state index contributed by atoms with van der Waals surface area (Å²) in [6.07, 6.45) is 0. The molecule has 0 aromatic heterocycles. The first-order chi connectivity index (χ1) is 13.0. The molecule has 0 amide bonds. The largest absolute Gasteiger partial charge is 0.383 e. The fraction of sp³-hybridized carbons (Fsp3) is 0.350. The molecule has 7 nitrogen and oxygen atoms in total. The van der Waals surface area contributed by atoms with Crippen LogP contribution in [0.3, 0.4) is 0 Å². The number of nitro benzene ring substituents is 1. The zero-order valence-electron chi connectivity index (χ0n) is 16.3. The normalized spacial score (nSPS) is 12.0. The Labute approximate surface area is 182 Å². The number of guanidine groups is 1. The van der Waals surface area contributed by atoms with Crippen LogP contribution in [-0.4, -0.2) is 31.1 Å². The lowest BCUT2D eigenvalue weighted by Crippen LogP contribution is -2.40. The highest BCUT2D eigenvalue weighted by molar-refractivity contribution is 14.0. The van der Waals surface area contributed by atoms with E-state index >= 15 is 0 Å². The molecule has 2 aromatic rings. The van der Waals surface area contributed by atoms with Crippen LogP contribution < -0.4 is 10.6 Å². The predicted molar refractivity (Wildman–Crippen MR) is 122 cm³/mol. The van der Waals surface area contributed by atoms with Crippen molar-refractivity contribution in [3.8, 4) is 0 Å². The second kappa shape index (κ2) is 12.3. The Morgan fingerprint density at radius 1 is 1.21 bits per heavy atom. The van der Waals surface area contributed by atoms with Crippen molar-refractivity contribution < 1.29 is 9.66 Å². The van der Waals surface area contributed by atoms with Gasteiger partial charge in [0.1, 0.15) is 0 Å². The number of nitrogens with zero attached hydrogens (tertiary/aromatic N) is 2. The molecule has 1 atom stereocenters. The summed E-state index contributed by atoms with van der Waals surface area (Å²) in [6, 6.07) is 14.7. The molecule has 0 aliphatic carbocycles. The summed E-state index contributed by atoms with van der Waals surface area (Å²) in [5.41, 5.74) is 3.39. The van der Waals surface area contributed by atoms with E-state index in [1.54, 1.807) is 19.2 Å². The zero-order valence-corrected chi connectivity index (χ0v) is 18.7. The zero-order chi connectivity index (χ0) is 19.6. The van der Waals surface area contributed by atoms with Crippen molar-refractivity contribution in [2.45, 2.75) is 26.4 Å². The third-order valence-corrected chi connectivity index (χ3v) is 4.17. The molecule has 0 saturated carbocycles. The van der Waals surface area contributed by atoms with Gasteiger partial charge < -0.3 is 15.4 Å². The van der Waals surface area contributed by atoms with Crippen LogP contribution in [0.2, 0.25) is 0 Å². The number of non-ortho nitro benzene ring substituents is 1. The molecule has 28 heavy (non-hydrogen) atoms. The van der Waals surface area contributed by atoms with Crippen LogP contribution in [0.15, 0.2) is 53.5 Å². The molecule has 2 rings (SSSR count). The number of halogens is 1. The van der Waals surface area contributed by atoms with Gasteiger partial charge in [-0.25, -0.2) is 4.99 Å². The van der Waals surface area contributed by atoms with E-state index in [1.807, 2.05) is 12.1 Å². The van der Waals surface area contributed by atoms with E-state index in [0.29, 0.717) is 25.7 Å². The number of hydrogen-bond acceptors (Lipinski definition) is 4. The molecular formula is C20H27IN4O3. The maximum Gasteiger partial charge on any atom is 0.269 e. The Hall–Kier alpha value is -2.20. The van der Waals surface area contributed by atoms with Crippen molar-refractivity contribution in [3.05, 3.63) is 75.3 Å². The van der Waals surface area contributed by atoms with Crippen LogP contribution in [0.25, 0.3) is 0 Å². The van der Waals surface area contributed by atoms with Crippen molar-refractivity contribution in [3.63, 3.8) is 0 Å². The number of ether oxygens (including phenoxy) is 1. The van der Waals surface area contributed by atoms with Crippen molar-refractivity contribution in [2.24, 2.45) is 4.99 Å². The van der Waals surface area contributed by atoms with Crippen LogP contribution in [-0.2, 0) is 11.3 Å². The van der Waals surface area contributed by atoms with Gasteiger partial charge in [-0.2, -0.15) is 0 Å². The van der Waals surface area contributed by atoms with Crippen molar-refractivity contribution in [2.75, 3.05) is 20.3 Å². The van der Waals surface area contributed by atoms with E-state index in [9.17, 15) is 10.1 Å². The lowest BCUT2D eigenvalue weighted by molar-refractivity contribution is -0.384. The topological polar surface area (TPSA) is 88.8 Å². The maximum atomic E-state index is 10.8. The van der Waals surface area contributed by atoms with Crippen molar-refractivity contribution >= 4 is 35.6 Å². The fourth-order valence-electron chi connectivity index (χ4n) is 2.67. The van der Waals surface area contributed by atoms with Crippen LogP contribution >= 0.6 is 24.0 Å². The molecule has 8 heteroatoms. The van der Waals surface area contributed by atoms with Crippen molar-refractivity contribution in [1.82, 2.24) is 10.6 Å². The summed E-state index contributed by atoms with van der Waals surface area (Å²) >= 11 is 0. The molecule has 0 spiro atoms. The highest BCUT2D eigenvalue weighted by Gasteiger charge is 2.10. The second-order valence-corrected chi connectivity index (χ2v) is 6.23. The Morgan fingerprint density at radius 2 is 1.89 bits per heavy atom.